The lowest BCUT2D eigenvalue weighted by Crippen LogP contribution is -2.15. The molecule has 0 aliphatic carbocycles. The van der Waals surface area contributed by atoms with Crippen molar-refractivity contribution < 1.29 is 9.53 Å². The molecule has 2 aromatic carbocycles. The second-order valence-electron chi connectivity index (χ2n) is 9.45. The van der Waals surface area contributed by atoms with Crippen LogP contribution < -0.4 is 4.90 Å². The first kappa shape index (κ1) is 28.4. The van der Waals surface area contributed by atoms with Gasteiger partial charge in [-0.3, -0.25) is 4.79 Å². The molecule has 3 heterocycles. The molecule has 1 aliphatic heterocycles. The molecule has 0 unspecified atom stereocenters. The van der Waals surface area contributed by atoms with E-state index in [-0.39, 0.29) is 12.4 Å². The number of nitrogens with zero attached hydrogens (tertiary/aromatic N) is 8. The van der Waals surface area contributed by atoms with Crippen LogP contribution in [0, 0.1) is 13.8 Å². The number of aryl methyl sites for hydroxylation is 2. The van der Waals surface area contributed by atoms with Gasteiger partial charge in [-0.1, -0.05) is 11.3 Å². The van der Waals surface area contributed by atoms with Crippen LogP contribution in [0.2, 0.25) is 0 Å². The minimum absolute atomic E-state index is 0.125. The molecule has 2 aromatic heterocycles. The average molecular weight is 587 g/mol. The van der Waals surface area contributed by atoms with Crippen molar-refractivity contribution in [3.63, 3.8) is 0 Å². The van der Waals surface area contributed by atoms with E-state index in [1.807, 2.05) is 56.3 Å². The highest BCUT2D eigenvalue weighted by atomic mass is 32.1. The van der Waals surface area contributed by atoms with Crippen molar-refractivity contribution in [2.75, 3.05) is 24.6 Å². The molecule has 0 bridgehead atoms. The quantitative estimate of drug-likeness (QED) is 0.136. The van der Waals surface area contributed by atoms with Crippen molar-refractivity contribution in [1.82, 2.24) is 4.98 Å². The van der Waals surface area contributed by atoms with E-state index in [1.54, 1.807) is 23.6 Å². The van der Waals surface area contributed by atoms with Gasteiger partial charge in [0.1, 0.15) is 5.00 Å². The Kier molecular flexibility index (Phi) is 9.32. The van der Waals surface area contributed by atoms with E-state index in [4.69, 9.17) is 4.74 Å². The summed E-state index contributed by atoms with van der Waals surface area (Å²) in [4.78, 5) is 18.4. The summed E-state index contributed by atoms with van der Waals surface area (Å²) >= 11 is 3.00. The number of hydrogen-bond acceptors (Lipinski definition) is 12. The van der Waals surface area contributed by atoms with Gasteiger partial charge in [-0.2, -0.15) is 10.2 Å². The lowest BCUT2D eigenvalue weighted by molar-refractivity contribution is -0.142. The summed E-state index contributed by atoms with van der Waals surface area (Å²) in [5.74, 6) is -0.307. The fourth-order valence-electron chi connectivity index (χ4n) is 4.21. The fraction of sp³-hybridized carbons (Fsp3) is 0.310. The molecule has 5 rings (SSSR count). The van der Waals surface area contributed by atoms with Gasteiger partial charge in [0, 0.05) is 18.5 Å². The molecule has 0 N–H and O–H groups in total. The first-order valence-electron chi connectivity index (χ1n) is 13.4. The number of hydrogen-bond donors (Lipinski definition) is 0. The number of aromatic nitrogens is 1. The van der Waals surface area contributed by atoms with E-state index >= 15 is 0 Å². The van der Waals surface area contributed by atoms with E-state index in [0.717, 1.165) is 40.6 Å². The van der Waals surface area contributed by atoms with Crippen LogP contribution >= 0.6 is 22.7 Å². The van der Waals surface area contributed by atoms with Crippen LogP contribution in [-0.2, 0) is 16.0 Å². The Morgan fingerprint density at radius 3 is 2.20 bits per heavy atom. The number of anilines is 1. The summed E-state index contributed by atoms with van der Waals surface area (Å²) < 4.78 is 4.96. The summed E-state index contributed by atoms with van der Waals surface area (Å²) in [6, 6.07) is 15.5. The summed E-state index contributed by atoms with van der Waals surface area (Å²) in [5.41, 5.74) is 5.44. The van der Waals surface area contributed by atoms with Crippen LogP contribution in [0.15, 0.2) is 84.6 Å². The fourth-order valence-corrected chi connectivity index (χ4v) is 5.72. The maximum atomic E-state index is 11.6. The molecule has 0 radical (unpaired) electrons. The first-order chi connectivity index (χ1) is 20.0. The second kappa shape index (κ2) is 13.5. The lowest BCUT2D eigenvalue weighted by atomic mass is 10.2. The maximum Gasteiger partial charge on any atom is 0.311 e. The average Bonchev–Trinajstić information content (AvgIpc) is 3.73. The topological polar surface area (TPSA) is 117 Å². The van der Waals surface area contributed by atoms with Gasteiger partial charge in [-0.15, -0.1) is 31.8 Å². The van der Waals surface area contributed by atoms with Crippen LogP contribution in [0.3, 0.4) is 0 Å². The summed E-state index contributed by atoms with van der Waals surface area (Å²) in [6.07, 6.45) is 2.63. The van der Waals surface area contributed by atoms with E-state index < -0.39 is 0 Å². The van der Waals surface area contributed by atoms with Gasteiger partial charge >= 0.3 is 5.97 Å². The highest BCUT2D eigenvalue weighted by molar-refractivity contribution is 7.19. The SMILES string of the molecule is CCOC(=O)Cc1csc(N=Nc2ccc(N=Nc3ccc(N=Nc4ccc(N5CCCC5)s4)cc3C)cc2C)n1. The monoisotopic (exact) mass is 586 g/mol. The molecule has 12 heteroatoms. The Labute approximate surface area is 246 Å². The molecule has 0 saturated carbocycles. The predicted octanol–water partition coefficient (Wildman–Crippen LogP) is 9.77. The Morgan fingerprint density at radius 2 is 1.54 bits per heavy atom. The third-order valence-corrected chi connectivity index (χ3v) is 8.11. The minimum atomic E-state index is -0.307. The Hall–Kier alpha value is -4.16. The number of carbonyl (C=O) groups excluding carboxylic acids is 1. The molecule has 210 valence electrons. The van der Waals surface area contributed by atoms with Gasteiger partial charge in [-0.05, 0) is 93.3 Å². The number of azo groups is 3. The Balaban J connectivity index is 1.19. The zero-order valence-corrected chi connectivity index (χ0v) is 24.8. The van der Waals surface area contributed by atoms with Crippen molar-refractivity contribution in [1.29, 1.82) is 0 Å². The largest absolute Gasteiger partial charge is 0.466 e. The van der Waals surface area contributed by atoms with E-state index in [0.29, 0.717) is 28.8 Å². The van der Waals surface area contributed by atoms with Gasteiger partial charge in [0.25, 0.3) is 0 Å². The molecule has 41 heavy (non-hydrogen) atoms. The third-order valence-electron chi connectivity index (χ3n) is 6.31. The zero-order valence-electron chi connectivity index (χ0n) is 23.1. The number of thiazole rings is 1. The highest BCUT2D eigenvalue weighted by Crippen LogP contribution is 2.35. The van der Waals surface area contributed by atoms with Gasteiger partial charge in [0.15, 0.2) is 0 Å². The first-order valence-corrected chi connectivity index (χ1v) is 15.1. The highest BCUT2D eigenvalue weighted by Gasteiger charge is 2.14. The minimum Gasteiger partial charge on any atom is -0.466 e. The molecule has 10 nitrogen and oxygen atoms in total. The van der Waals surface area contributed by atoms with Crippen LogP contribution in [0.1, 0.15) is 36.6 Å². The zero-order chi connectivity index (χ0) is 28.6. The van der Waals surface area contributed by atoms with Crippen LogP contribution in [0.5, 0.6) is 0 Å². The molecule has 1 saturated heterocycles. The number of thiophene rings is 1. The number of esters is 1. The smallest absolute Gasteiger partial charge is 0.311 e. The van der Waals surface area contributed by atoms with Crippen LogP contribution in [-0.4, -0.2) is 30.6 Å². The lowest BCUT2D eigenvalue weighted by Gasteiger charge is -2.13. The van der Waals surface area contributed by atoms with Gasteiger partial charge in [-0.25, -0.2) is 4.98 Å². The standard InChI is InChI=1S/C29H30N8O2S2/c1-4-39-28(38)17-23-18-40-29(30-23)36-34-25-10-7-21(15-20(25)3)31-33-24-9-8-22(16-19(24)2)32-35-26-11-12-27(41-26)37-13-5-6-14-37/h7-12,15-16,18H,4-6,13-14,17H2,1-3H3. The Bertz CT molecular complexity index is 1600. The number of carbonyl (C=O) groups is 1. The third kappa shape index (κ3) is 7.74. The number of rotatable bonds is 10. The molecule has 0 atom stereocenters. The predicted molar refractivity (Wildman–Crippen MR) is 163 cm³/mol. The van der Waals surface area contributed by atoms with E-state index in [9.17, 15) is 4.79 Å². The molecule has 1 fully saturated rings. The molecule has 0 spiro atoms. The van der Waals surface area contributed by atoms with Gasteiger partial charge < -0.3 is 9.64 Å². The summed E-state index contributed by atoms with van der Waals surface area (Å²) in [6.45, 7) is 8.28. The van der Waals surface area contributed by atoms with Crippen molar-refractivity contribution in [3.8, 4) is 0 Å². The van der Waals surface area contributed by atoms with E-state index in [1.165, 1.54) is 29.2 Å². The molecular weight excluding hydrogens is 557 g/mol. The normalized spacial score (nSPS) is 13.8. The summed E-state index contributed by atoms with van der Waals surface area (Å²) in [5, 5.41) is 30.6. The van der Waals surface area contributed by atoms with E-state index in [2.05, 4.69) is 46.6 Å². The van der Waals surface area contributed by atoms with Crippen molar-refractivity contribution in [2.24, 2.45) is 30.7 Å². The Morgan fingerprint density at radius 1 is 0.878 bits per heavy atom. The summed E-state index contributed by atoms with van der Waals surface area (Å²) in [7, 11) is 0. The van der Waals surface area contributed by atoms with Gasteiger partial charge in [0.05, 0.1) is 46.5 Å². The molecular formula is C29H30N8O2S2. The number of benzene rings is 2. The van der Waals surface area contributed by atoms with Crippen LogP contribution in [0.4, 0.5) is 37.9 Å². The van der Waals surface area contributed by atoms with Crippen LogP contribution in [0.25, 0.3) is 0 Å². The van der Waals surface area contributed by atoms with Gasteiger partial charge in [0.2, 0.25) is 5.13 Å². The molecule has 0 amide bonds. The van der Waals surface area contributed by atoms with Crippen molar-refractivity contribution >= 4 is 66.5 Å². The molecule has 1 aliphatic rings. The van der Waals surface area contributed by atoms with Crippen molar-refractivity contribution in [2.45, 2.75) is 40.0 Å². The molecule has 4 aromatic rings. The second-order valence-corrected chi connectivity index (χ2v) is 11.3. The maximum absolute atomic E-state index is 11.6. The van der Waals surface area contributed by atoms with Crippen molar-refractivity contribution in [3.05, 3.63) is 70.7 Å². The number of ether oxygens (including phenoxy) is 1.